The molecule has 11 heteroatoms. The van der Waals surface area contributed by atoms with Crippen LogP contribution >= 0.6 is 0 Å². The van der Waals surface area contributed by atoms with Crippen LogP contribution in [0.15, 0.2) is 24.3 Å². The first-order valence-corrected chi connectivity index (χ1v) is 11.0. The molecule has 0 unspecified atom stereocenters. The zero-order valence-corrected chi connectivity index (χ0v) is 20.1. The molecule has 0 aromatic heterocycles. The maximum atomic E-state index is 12.8. The number of carboxylic acid groups (broad SMARTS) is 1. The highest BCUT2D eigenvalue weighted by Gasteiger charge is 2.32. The smallest absolute Gasteiger partial charge is 0.408 e. The van der Waals surface area contributed by atoms with E-state index >= 15 is 0 Å². The van der Waals surface area contributed by atoms with Gasteiger partial charge >= 0.3 is 12.1 Å². The van der Waals surface area contributed by atoms with Crippen molar-refractivity contribution in [1.29, 1.82) is 0 Å². The molecule has 0 saturated carbocycles. The molecule has 0 aliphatic rings. The third-order valence-corrected chi connectivity index (χ3v) is 4.97. The fraction of sp³-hybridized carbons (Fsp3) is 0.565. The van der Waals surface area contributed by atoms with Gasteiger partial charge < -0.3 is 36.0 Å². The summed E-state index contributed by atoms with van der Waals surface area (Å²) in [6, 6.07) is 1.98. The number of hydrogen-bond donors (Lipinski definition) is 6. The Morgan fingerprint density at radius 2 is 1.53 bits per heavy atom. The number of phenolic OH excluding ortho intramolecular Hbond substituents is 1. The van der Waals surface area contributed by atoms with Gasteiger partial charge in [0.2, 0.25) is 11.8 Å². The maximum absolute atomic E-state index is 12.8. The summed E-state index contributed by atoms with van der Waals surface area (Å²) in [5.74, 6) is -3.25. The molecule has 0 bridgehead atoms. The molecule has 0 fully saturated rings. The van der Waals surface area contributed by atoms with E-state index in [0.29, 0.717) is 12.0 Å². The second-order valence-electron chi connectivity index (χ2n) is 9.02. The monoisotopic (exact) mass is 481 g/mol. The van der Waals surface area contributed by atoms with Gasteiger partial charge in [-0.3, -0.25) is 9.59 Å². The Balaban J connectivity index is 2.89. The van der Waals surface area contributed by atoms with Gasteiger partial charge in [0.25, 0.3) is 0 Å². The molecule has 11 nitrogen and oxygen atoms in total. The van der Waals surface area contributed by atoms with Crippen LogP contribution in [0.25, 0.3) is 0 Å². The van der Waals surface area contributed by atoms with E-state index in [-0.39, 0.29) is 18.1 Å². The molecule has 3 amide bonds. The van der Waals surface area contributed by atoms with Gasteiger partial charge in [-0.2, -0.15) is 0 Å². The summed E-state index contributed by atoms with van der Waals surface area (Å²) >= 11 is 0. The van der Waals surface area contributed by atoms with Crippen LogP contribution in [0.5, 0.6) is 5.75 Å². The van der Waals surface area contributed by atoms with Crippen molar-refractivity contribution in [2.24, 2.45) is 5.92 Å². The van der Waals surface area contributed by atoms with E-state index in [2.05, 4.69) is 16.0 Å². The van der Waals surface area contributed by atoms with Crippen molar-refractivity contribution in [2.45, 2.75) is 71.2 Å². The predicted octanol–water partition coefficient (Wildman–Crippen LogP) is 0.921. The summed E-state index contributed by atoms with van der Waals surface area (Å²) in [5, 5.41) is 35.7. The Hall–Kier alpha value is -3.34. The van der Waals surface area contributed by atoms with Crippen molar-refractivity contribution < 1.29 is 39.2 Å². The fourth-order valence-corrected chi connectivity index (χ4v) is 2.93. The topological polar surface area (TPSA) is 174 Å². The molecule has 1 rings (SSSR count). The summed E-state index contributed by atoms with van der Waals surface area (Å²) in [6.45, 7) is 7.78. The van der Waals surface area contributed by atoms with Gasteiger partial charge in [-0.05, 0) is 44.4 Å². The van der Waals surface area contributed by atoms with Crippen LogP contribution in [-0.4, -0.2) is 69.5 Å². The number of aliphatic hydroxyl groups excluding tert-OH is 1. The Morgan fingerprint density at radius 1 is 0.971 bits per heavy atom. The zero-order valence-electron chi connectivity index (χ0n) is 20.1. The van der Waals surface area contributed by atoms with E-state index in [9.17, 15) is 34.5 Å². The minimum atomic E-state index is -1.44. The maximum Gasteiger partial charge on any atom is 0.408 e. The quantitative estimate of drug-likeness (QED) is 0.270. The average Bonchev–Trinajstić information content (AvgIpc) is 2.74. The van der Waals surface area contributed by atoms with Gasteiger partial charge in [0, 0.05) is 6.42 Å². The summed E-state index contributed by atoms with van der Waals surface area (Å²) in [6.07, 6.45) is -0.362. The molecule has 0 saturated heterocycles. The molecule has 0 aliphatic carbocycles. The van der Waals surface area contributed by atoms with Crippen molar-refractivity contribution in [3.63, 3.8) is 0 Å². The van der Waals surface area contributed by atoms with Crippen LogP contribution in [0.2, 0.25) is 0 Å². The number of aromatic hydroxyl groups is 1. The summed E-state index contributed by atoms with van der Waals surface area (Å²) in [7, 11) is 0. The van der Waals surface area contributed by atoms with Crippen molar-refractivity contribution in [3.05, 3.63) is 29.8 Å². The number of nitrogens with one attached hydrogen (secondary N) is 3. The van der Waals surface area contributed by atoms with E-state index in [1.807, 2.05) is 6.92 Å². The Bertz CT molecular complexity index is 851. The third-order valence-electron chi connectivity index (χ3n) is 4.97. The molecule has 0 radical (unpaired) electrons. The number of phenols is 1. The second kappa shape index (κ2) is 12.8. The van der Waals surface area contributed by atoms with E-state index < -0.39 is 54.2 Å². The number of carbonyl (C=O) groups is 4. The zero-order chi connectivity index (χ0) is 26.1. The summed E-state index contributed by atoms with van der Waals surface area (Å²) in [4.78, 5) is 49.3. The number of amides is 3. The number of carboxylic acids is 1. The molecular formula is C23H35N3O8. The lowest BCUT2D eigenvalue weighted by Gasteiger charge is -2.28. The summed E-state index contributed by atoms with van der Waals surface area (Å²) < 4.78 is 5.20. The van der Waals surface area contributed by atoms with Crippen LogP contribution in [-0.2, 0) is 25.5 Å². The highest BCUT2D eigenvalue weighted by Crippen LogP contribution is 2.13. The molecular weight excluding hydrogens is 446 g/mol. The number of aliphatic hydroxyl groups is 1. The number of ether oxygens (including phenoxy) is 1. The minimum Gasteiger partial charge on any atom is -0.508 e. The number of benzene rings is 1. The van der Waals surface area contributed by atoms with Gasteiger partial charge in [0.05, 0.1) is 6.61 Å². The SMILES string of the molecule is CC[C@H](C)[C@H](NC(=O)OC(C)(C)C)C(=O)N[C@@H](CO)C(=O)N[C@@H](Cc1ccc(O)cc1)C(=O)O. The van der Waals surface area contributed by atoms with Gasteiger partial charge in [-0.1, -0.05) is 32.4 Å². The molecule has 4 atom stereocenters. The van der Waals surface area contributed by atoms with Gasteiger partial charge in [0.1, 0.15) is 29.5 Å². The number of alkyl carbamates (subject to hydrolysis) is 1. The lowest BCUT2D eigenvalue weighted by molar-refractivity contribution is -0.142. The minimum absolute atomic E-state index is 0.0126. The van der Waals surface area contributed by atoms with E-state index in [4.69, 9.17) is 4.74 Å². The first kappa shape index (κ1) is 28.7. The average molecular weight is 482 g/mol. The summed E-state index contributed by atoms with van der Waals surface area (Å²) in [5.41, 5.74) is -0.231. The molecule has 0 heterocycles. The largest absolute Gasteiger partial charge is 0.508 e. The van der Waals surface area contributed by atoms with Crippen molar-refractivity contribution >= 4 is 23.9 Å². The molecule has 1 aromatic carbocycles. The van der Waals surface area contributed by atoms with Crippen LogP contribution < -0.4 is 16.0 Å². The molecule has 1 aromatic rings. The molecule has 6 N–H and O–H groups in total. The van der Waals surface area contributed by atoms with E-state index in [1.54, 1.807) is 27.7 Å². The fourth-order valence-electron chi connectivity index (χ4n) is 2.93. The van der Waals surface area contributed by atoms with Crippen LogP contribution in [0.1, 0.15) is 46.6 Å². The van der Waals surface area contributed by atoms with Gasteiger partial charge in [-0.25, -0.2) is 9.59 Å². The van der Waals surface area contributed by atoms with Crippen LogP contribution in [0.4, 0.5) is 4.79 Å². The Morgan fingerprint density at radius 3 is 2.00 bits per heavy atom. The normalized spacial score (nSPS) is 14.8. The van der Waals surface area contributed by atoms with Crippen LogP contribution in [0.3, 0.4) is 0 Å². The molecule has 190 valence electrons. The highest BCUT2D eigenvalue weighted by atomic mass is 16.6. The van der Waals surface area contributed by atoms with Gasteiger partial charge in [0.15, 0.2) is 0 Å². The predicted molar refractivity (Wildman–Crippen MR) is 123 cm³/mol. The van der Waals surface area contributed by atoms with E-state index in [1.165, 1.54) is 24.3 Å². The molecule has 34 heavy (non-hydrogen) atoms. The molecule has 0 spiro atoms. The Kier molecular flexibility index (Phi) is 10.8. The first-order valence-electron chi connectivity index (χ1n) is 11.0. The van der Waals surface area contributed by atoms with Crippen molar-refractivity contribution in [3.8, 4) is 5.75 Å². The number of aliphatic carboxylic acids is 1. The van der Waals surface area contributed by atoms with Crippen molar-refractivity contribution in [2.75, 3.05) is 6.61 Å². The highest BCUT2D eigenvalue weighted by molar-refractivity contribution is 5.93. The lowest BCUT2D eigenvalue weighted by atomic mass is 9.98. The van der Waals surface area contributed by atoms with Gasteiger partial charge in [-0.15, -0.1) is 0 Å². The standard InChI is InChI=1S/C23H35N3O8/c1-6-13(2)18(26-22(33)34-23(3,4)5)20(30)25-17(12-27)19(29)24-16(21(31)32)11-14-7-9-15(28)10-8-14/h7-10,13,16-18,27-28H,6,11-12H2,1-5H3,(H,24,29)(H,25,30)(H,26,33)(H,31,32)/t13-,16-,17-,18-/m0/s1. The number of carbonyl (C=O) groups excluding carboxylic acids is 3. The van der Waals surface area contributed by atoms with Crippen LogP contribution in [0, 0.1) is 5.92 Å². The molecule has 0 aliphatic heterocycles. The first-order chi connectivity index (χ1) is 15.8. The Labute approximate surface area is 198 Å². The lowest BCUT2D eigenvalue weighted by Crippen LogP contribution is -2.58. The van der Waals surface area contributed by atoms with Crippen molar-refractivity contribution in [1.82, 2.24) is 16.0 Å². The van der Waals surface area contributed by atoms with E-state index in [0.717, 1.165) is 0 Å². The second-order valence-corrected chi connectivity index (χ2v) is 9.02. The number of rotatable bonds is 11. The number of hydrogen-bond acceptors (Lipinski definition) is 7. The third kappa shape index (κ3) is 9.65.